The average Bonchev–Trinajstić information content (AvgIpc) is 3.04. The molecule has 0 unspecified atom stereocenters. The second-order valence-electron chi connectivity index (χ2n) is 5.18. The van der Waals surface area contributed by atoms with Crippen molar-refractivity contribution in [2.24, 2.45) is 0 Å². The maximum Gasteiger partial charge on any atom is 0.257 e. The fourth-order valence-corrected chi connectivity index (χ4v) is 3.94. The second kappa shape index (κ2) is 10.6. The summed E-state index contributed by atoms with van der Waals surface area (Å²) in [4.78, 5) is 12.5. The van der Waals surface area contributed by atoms with Crippen LogP contribution in [0.4, 0.5) is 5.13 Å². The van der Waals surface area contributed by atoms with Crippen molar-refractivity contribution in [2.75, 3.05) is 24.3 Å². The lowest BCUT2D eigenvalue weighted by atomic mass is 10.2. The van der Waals surface area contributed by atoms with Gasteiger partial charge in [0, 0.05) is 5.56 Å². The van der Waals surface area contributed by atoms with Gasteiger partial charge < -0.3 is 9.47 Å². The molecule has 0 saturated heterocycles. The largest absolute Gasteiger partial charge is 0.490 e. The van der Waals surface area contributed by atoms with Gasteiger partial charge in [-0.2, -0.15) is 0 Å². The first-order valence-corrected chi connectivity index (χ1v) is 10.6. The summed E-state index contributed by atoms with van der Waals surface area (Å²) in [6, 6.07) is 3.21. The molecule has 0 aliphatic heterocycles. The Morgan fingerprint density at radius 2 is 2.08 bits per heavy atom. The lowest BCUT2D eigenvalue weighted by Crippen LogP contribution is -2.12. The minimum atomic E-state index is -0.322. The van der Waals surface area contributed by atoms with Crippen LogP contribution in [0.2, 0.25) is 5.02 Å². The topological polar surface area (TPSA) is 73.3 Å². The summed E-state index contributed by atoms with van der Waals surface area (Å²) >= 11 is 9.24. The summed E-state index contributed by atoms with van der Waals surface area (Å²) in [5, 5.41) is 11.5. The van der Waals surface area contributed by atoms with Crippen molar-refractivity contribution >= 4 is 45.7 Å². The number of nitrogens with one attached hydrogen (secondary N) is 1. The van der Waals surface area contributed by atoms with Crippen LogP contribution in [0.25, 0.3) is 0 Å². The fraction of sp³-hybridized carbons (Fsp3) is 0.471. The predicted molar refractivity (Wildman–Crippen MR) is 107 cm³/mol. The number of thioether (sulfide) groups is 1. The van der Waals surface area contributed by atoms with Gasteiger partial charge in [-0.25, -0.2) is 0 Å². The average molecular weight is 416 g/mol. The van der Waals surface area contributed by atoms with Gasteiger partial charge in [0.15, 0.2) is 15.8 Å². The van der Waals surface area contributed by atoms with Crippen LogP contribution in [0.1, 0.15) is 44.0 Å². The fourth-order valence-electron chi connectivity index (χ4n) is 2.03. The molecule has 0 radical (unpaired) electrons. The van der Waals surface area contributed by atoms with E-state index in [1.165, 1.54) is 11.3 Å². The normalized spacial score (nSPS) is 10.6. The van der Waals surface area contributed by atoms with Crippen molar-refractivity contribution < 1.29 is 14.3 Å². The molecule has 0 fully saturated rings. The molecule has 2 aromatic rings. The maximum atomic E-state index is 12.5. The third-order valence-electron chi connectivity index (χ3n) is 3.21. The van der Waals surface area contributed by atoms with Gasteiger partial charge >= 0.3 is 0 Å². The quantitative estimate of drug-likeness (QED) is 0.329. The minimum absolute atomic E-state index is 0.322. The lowest BCUT2D eigenvalue weighted by molar-refractivity contribution is 0.102. The number of halogens is 1. The van der Waals surface area contributed by atoms with Gasteiger partial charge in [-0.05, 0) is 31.2 Å². The number of hydrogen-bond acceptors (Lipinski definition) is 7. The number of aromatic nitrogens is 2. The number of nitrogens with zero attached hydrogens (tertiary/aromatic N) is 2. The number of anilines is 1. The molecule has 0 aliphatic rings. The Balaban J connectivity index is 2.17. The van der Waals surface area contributed by atoms with Crippen molar-refractivity contribution in [1.29, 1.82) is 0 Å². The molecule has 1 aromatic carbocycles. The van der Waals surface area contributed by atoms with Crippen molar-refractivity contribution in [1.82, 2.24) is 10.2 Å². The Hall–Kier alpha value is -1.51. The van der Waals surface area contributed by atoms with Crippen molar-refractivity contribution in [3.63, 3.8) is 0 Å². The van der Waals surface area contributed by atoms with Gasteiger partial charge in [0.1, 0.15) is 0 Å². The summed E-state index contributed by atoms with van der Waals surface area (Å²) in [6.07, 6.45) is 1.93. The second-order valence-corrected chi connectivity index (χ2v) is 8.08. The van der Waals surface area contributed by atoms with Crippen molar-refractivity contribution in [3.05, 3.63) is 22.7 Å². The van der Waals surface area contributed by atoms with Gasteiger partial charge in [-0.3, -0.25) is 10.1 Å². The zero-order valence-corrected chi connectivity index (χ0v) is 17.4. The molecule has 0 spiro atoms. The summed E-state index contributed by atoms with van der Waals surface area (Å²) < 4.78 is 12.2. The van der Waals surface area contributed by atoms with E-state index in [4.69, 9.17) is 21.1 Å². The first kappa shape index (κ1) is 20.8. The first-order chi connectivity index (χ1) is 12.6. The Bertz CT molecular complexity index is 740. The standard InChI is InChI=1S/C17H22ClN3O3S2/c1-4-7-8-24-14-12(18)9-11(10-13(14)23-5-2)15(22)19-16-20-21-17(26-16)25-6-3/h9-10H,4-8H2,1-3H3,(H,19,20,22). The van der Waals surface area contributed by atoms with Gasteiger partial charge in [0.05, 0.1) is 18.2 Å². The molecule has 0 bridgehead atoms. The molecule has 1 amide bonds. The van der Waals surface area contributed by atoms with E-state index < -0.39 is 0 Å². The number of amides is 1. The Morgan fingerprint density at radius 3 is 2.77 bits per heavy atom. The van der Waals surface area contributed by atoms with E-state index in [0.29, 0.717) is 40.4 Å². The molecule has 9 heteroatoms. The molecule has 0 saturated carbocycles. The van der Waals surface area contributed by atoms with Crippen molar-refractivity contribution in [3.8, 4) is 11.5 Å². The SMILES string of the molecule is CCCCOc1c(Cl)cc(C(=O)Nc2nnc(SCC)s2)cc1OCC. The van der Waals surface area contributed by atoms with E-state index >= 15 is 0 Å². The Morgan fingerprint density at radius 1 is 1.27 bits per heavy atom. The Labute approximate surface area is 166 Å². The number of hydrogen-bond donors (Lipinski definition) is 1. The molecule has 6 nitrogen and oxygen atoms in total. The van der Waals surface area contributed by atoms with Crippen LogP contribution >= 0.6 is 34.7 Å². The number of carbonyl (C=O) groups excluding carboxylic acids is 1. The van der Waals surface area contributed by atoms with E-state index in [0.717, 1.165) is 22.9 Å². The van der Waals surface area contributed by atoms with Crippen LogP contribution in [0, 0.1) is 0 Å². The van der Waals surface area contributed by atoms with E-state index in [2.05, 4.69) is 22.4 Å². The molecule has 1 heterocycles. The smallest absolute Gasteiger partial charge is 0.257 e. The van der Waals surface area contributed by atoms with Gasteiger partial charge in [-0.1, -0.05) is 55.0 Å². The monoisotopic (exact) mass is 415 g/mol. The highest BCUT2D eigenvalue weighted by molar-refractivity contribution is 8.01. The molecular weight excluding hydrogens is 394 g/mol. The maximum absolute atomic E-state index is 12.5. The summed E-state index contributed by atoms with van der Waals surface area (Å²) in [7, 11) is 0. The lowest BCUT2D eigenvalue weighted by Gasteiger charge is -2.14. The van der Waals surface area contributed by atoms with E-state index in [1.54, 1.807) is 23.9 Å². The highest BCUT2D eigenvalue weighted by atomic mass is 35.5. The highest BCUT2D eigenvalue weighted by Gasteiger charge is 2.17. The van der Waals surface area contributed by atoms with Crippen LogP contribution in [-0.4, -0.2) is 35.1 Å². The molecule has 2 rings (SSSR count). The highest BCUT2D eigenvalue weighted by Crippen LogP contribution is 2.37. The minimum Gasteiger partial charge on any atom is -0.490 e. The Kier molecular flexibility index (Phi) is 8.47. The predicted octanol–water partition coefficient (Wildman–Crippen LogP) is 5.13. The van der Waals surface area contributed by atoms with Crippen LogP contribution < -0.4 is 14.8 Å². The molecule has 0 aliphatic carbocycles. The third-order valence-corrected chi connectivity index (χ3v) is 5.35. The molecule has 1 aromatic heterocycles. The zero-order valence-electron chi connectivity index (χ0n) is 15.0. The van der Waals surface area contributed by atoms with Crippen LogP contribution in [0.3, 0.4) is 0 Å². The number of unbranched alkanes of at least 4 members (excludes halogenated alkanes) is 1. The third kappa shape index (κ3) is 5.75. The molecular formula is C17H22ClN3O3S2. The van der Waals surface area contributed by atoms with Gasteiger partial charge in [0.25, 0.3) is 5.91 Å². The zero-order chi connectivity index (χ0) is 18.9. The van der Waals surface area contributed by atoms with Gasteiger partial charge in [0.2, 0.25) is 5.13 Å². The van der Waals surface area contributed by atoms with Crippen LogP contribution in [0.5, 0.6) is 11.5 Å². The van der Waals surface area contributed by atoms with E-state index in [-0.39, 0.29) is 5.91 Å². The number of benzene rings is 1. The van der Waals surface area contributed by atoms with Gasteiger partial charge in [-0.15, -0.1) is 10.2 Å². The summed E-state index contributed by atoms with van der Waals surface area (Å²) in [6.45, 7) is 6.97. The van der Waals surface area contributed by atoms with Crippen LogP contribution in [0.15, 0.2) is 16.5 Å². The summed E-state index contributed by atoms with van der Waals surface area (Å²) in [5.74, 6) is 1.50. The molecule has 142 valence electrons. The molecule has 1 N–H and O–H groups in total. The first-order valence-electron chi connectivity index (χ1n) is 8.45. The summed E-state index contributed by atoms with van der Waals surface area (Å²) in [5.41, 5.74) is 0.376. The molecule has 0 atom stereocenters. The van der Waals surface area contributed by atoms with Crippen LogP contribution in [-0.2, 0) is 0 Å². The van der Waals surface area contributed by atoms with E-state index in [9.17, 15) is 4.79 Å². The van der Waals surface area contributed by atoms with Crippen molar-refractivity contribution in [2.45, 2.75) is 38.0 Å². The number of rotatable bonds is 10. The number of ether oxygens (including phenoxy) is 2. The van der Waals surface area contributed by atoms with E-state index in [1.807, 2.05) is 13.8 Å². The number of carbonyl (C=O) groups is 1. The molecule has 26 heavy (non-hydrogen) atoms.